The second kappa shape index (κ2) is 5.63. The van der Waals surface area contributed by atoms with E-state index in [1.165, 1.54) is 0 Å². The van der Waals surface area contributed by atoms with E-state index in [0.29, 0.717) is 28.5 Å². The predicted octanol–water partition coefficient (Wildman–Crippen LogP) is 2.43. The second-order valence-electron chi connectivity index (χ2n) is 4.15. The summed E-state index contributed by atoms with van der Waals surface area (Å²) in [7, 11) is 0. The van der Waals surface area contributed by atoms with E-state index < -0.39 is 0 Å². The monoisotopic (exact) mass is 275 g/mol. The molecule has 2 aromatic rings. The molecule has 0 radical (unpaired) electrons. The first-order chi connectivity index (χ1) is 9.06. The highest BCUT2D eigenvalue weighted by atomic mass is 35.5. The van der Waals surface area contributed by atoms with Gasteiger partial charge in [-0.2, -0.15) is 0 Å². The van der Waals surface area contributed by atoms with Gasteiger partial charge in [0.1, 0.15) is 0 Å². The molecule has 2 aromatic carbocycles. The molecular formula is C14H14ClN3O. The molecule has 19 heavy (non-hydrogen) atoms. The lowest BCUT2D eigenvalue weighted by Crippen LogP contribution is -2.22. The molecule has 0 saturated heterocycles. The van der Waals surface area contributed by atoms with Crippen molar-refractivity contribution in [2.45, 2.75) is 6.54 Å². The average molecular weight is 276 g/mol. The summed E-state index contributed by atoms with van der Waals surface area (Å²) in [6.45, 7) is 0.431. The maximum absolute atomic E-state index is 11.9. The third-order valence-electron chi connectivity index (χ3n) is 2.72. The smallest absolute Gasteiger partial charge is 0.251 e. The number of anilines is 2. The van der Waals surface area contributed by atoms with Crippen LogP contribution in [0.4, 0.5) is 11.4 Å². The Balaban J connectivity index is 2.01. The van der Waals surface area contributed by atoms with Crippen LogP contribution >= 0.6 is 11.6 Å². The highest BCUT2D eigenvalue weighted by molar-refractivity contribution is 6.30. The molecule has 5 heteroatoms. The first kappa shape index (κ1) is 13.2. The molecule has 0 aromatic heterocycles. The van der Waals surface area contributed by atoms with Gasteiger partial charge in [0, 0.05) is 17.1 Å². The number of carbonyl (C=O) groups is 1. The van der Waals surface area contributed by atoms with Gasteiger partial charge in [-0.25, -0.2) is 0 Å². The van der Waals surface area contributed by atoms with Crippen LogP contribution in [0.25, 0.3) is 0 Å². The molecule has 1 amide bonds. The van der Waals surface area contributed by atoms with E-state index in [2.05, 4.69) is 5.32 Å². The van der Waals surface area contributed by atoms with Gasteiger partial charge in [-0.1, -0.05) is 23.7 Å². The number of hydrogen-bond donors (Lipinski definition) is 3. The molecule has 0 atom stereocenters. The zero-order valence-electron chi connectivity index (χ0n) is 10.2. The largest absolute Gasteiger partial charge is 0.397 e. The van der Waals surface area contributed by atoms with Crippen LogP contribution in [0.3, 0.4) is 0 Å². The lowest BCUT2D eigenvalue weighted by Gasteiger charge is -2.07. The van der Waals surface area contributed by atoms with Gasteiger partial charge in [-0.3, -0.25) is 4.79 Å². The summed E-state index contributed by atoms with van der Waals surface area (Å²) in [6.07, 6.45) is 0. The molecule has 0 saturated carbocycles. The fourth-order valence-corrected chi connectivity index (χ4v) is 1.73. The summed E-state index contributed by atoms with van der Waals surface area (Å²) >= 11 is 5.79. The van der Waals surface area contributed by atoms with Gasteiger partial charge in [0.2, 0.25) is 0 Å². The molecular weight excluding hydrogens is 262 g/mol. The lowest BCUT2D eigenvalue weighted by molar-refractivity contribution is 0.0951. The van der Waals surface area contributed by atoms with Crippen molar-refractivity contribution < 1.29 is 4.79 Å². The van der Waals surface area contributed by atoms with E-state index in [0.717, 1.165) is 5.56 Å². The Labute approximate surface area is 116 Å². The van der Waals surface area contributed by atoms with Crippen LogP contribution in [0.15, 0.2) is 42.5 Å². The first-order valence-electron chi connectivity index (χ1n) is 5.74. The normalized spacial score (nSPS) is 10.2. The SMILES string of the molecule is Nc1ccc(C(=O)NCc2ccc(Cl)cc2)cc1N. The molecule has 0 spiro atoms. The number of amides is 1. The zero-order chi connectivity index (χ0) is 13.8. The fraction of sp³-hybridized carbons (Fsp3) is 0.0714. The third-order valence-corrected chi connectivity index (χ3v) is 2.97. The second-order valence-corrected chi connectivity index (χ2v) is 4.59. The predicted molar refractivity (Wildman–Crippen MR) is 77.9 cm³/mol. The Kier molecular flexibility index (Phi) is 3.92. The van der Waals surface area contributed by atoms with Crippen LogP contribution in [-0.2, 0) is 6.54 Å². The number of carbonyl (C=O) groups excluding carboxylic acids is 1. The number of nitrogens with two attached hydrogens (primary N) is 2. The topological polar surface area (TPSA) is 81.1 Å². The van der Waals surface area contributed by atoms with Gasteiger partial charge in [0.05, 0.1) is 11.4 Å². The van der Waals surface area contributed by atoms with E-state index in [1.54, 1.807) is 30.3 Å². The van der Waals surface area contributed by atoms with Gasteiger partial charge >= 0.3 is 0 Å². The van der Waals surface area contributed by atoms with Gasteiger partial charge in [-0.05, 0) is 35.9 Å². The minimum Gasteiger partial charge on any atom is -0.397 e. The molecule has 0 unspecified atom stereocenters. The molecule has 5 N–H and O–H groups in total. The number of nitrogen functional groups attached to an aromatic ring is 2. The molecule has 0 bridgehead atoms. The summed E-state index contributed by atoms with van der Waals surface area (Å²) in [5.74, 6) is -0.193. The van der Waals surface area contributed by atoms with Crippen molar-refractivity contribution in [3.05, 3.63) is 58.6 Å². The molecule has 0 aliphatic carbocycles. The van der Waals surface area contributed by atoms with E-state index in [1.807, 2.05) is 12.1 Å². The maximum Gasteiger partial charge on any atom is 0.251 e. The third kappa shape index (κ3) is 3.39. The molecule has 0 heterocycles. The summed E-state index contributed by atoms with van der Waals surface area (Å²) < 4.78 is 0. The van der Waals surface area contributed by atoms with Gasteiger partial charge in [0.15, 0.2) is 0 Å². The summed E-state index contributed by atoms with van der Waals surface area (Å²) in [5, 5.41) is 3.47. The fourth-order valence-electron chi connectivity index (χ4n) is 1.60. The van der Waals surface area contributed by atoms with Gasteiger partial charge in [-0.15, -0.1) is 0 Å². The minimum absolute atomic E-state index is 0.193. The summed E-state index contributed by atoms with van der Waals surface area (Å²) in [4.78, 5) is 11.9. The standard InChI is InChI=1S/C14H14ClN3O/c15-11-4-1-9(2-5-11)8-18-14(19)10-3-6-12(16)13(17)7-10/h1-7H,8,16-17H2,(H,18,19). The van der Waals surface area contributed by atoms with Crippen molar-refractivity contribution in [1.29, 1.82) is 0 Å². The first-order valence-corrected chi connectivity index (χ1v) is 6.11. The number of halogens is 1. The Morgan fingerprint density at radius 3 is 2.37 bits per heavy atom. The molecule has 4 nitrogen and oxygen atoms in total. The van der Waals surface area contributed by atoms with Crippen molar-refractivity contribution in [3.8, 4) is 0 Å². The number of rotatable bonds is 3. The Hall–Kier alpha value is -2.20. The van der Waals surface area contributed by atoms with Crippen molar-refractivity contribution >= 4 is 28.9 Å². The molecule has 0 aliphatic rings. The van der Waals surface area contributed by atoms with Gasteiger partial charge < -0.3 is 16.8 Å². The van der Waals surface area contributed by atoms with Crippen molar-refractivity contribution in [3.63, 3.8) is 0 Å². The van der Waals surface area contributed by atoms with Crippen LogP contribution in [0.2, 0.25) is 5.02 Å². The average Bonchev–Trinajstić information content (AvgIpc) is 2.41. The van der Waals surface area contributed by atoms with E-state index in [4.69, 9.17) is 23.1 Å². The van der Waals surface area contributed by atoms with Crippen molar-refractivity contribution in [2.75, 3.05) is 11.5 Å². The van der Waals surface area contributed by atoms with Crippen LogP contribution in [0.1, 0.15) is 15.9 Å². The summed E-state index contributed by atoms with van der Waals surface area (Å²) in [6, 6.07) is 12.1. The molecule has 0 aliphatic heterocycles. The Bertz CT molecular complexity index is 596. The minimum atomic E-state index is -0.193. The quantitative estimate of drug-likeness (QED) is 0.753. The van der Waals surface area contributed by atoms with Crippen molar-refractivity contribution in [1.82, 2.24) is 5.32 Å². The zero-order valence-corrected chi connectivity index (χ0v) is 10.9. The maximum atomic E-state index is 11.9. The Morgan fingerprint density at radius 1 is 1.05 bits per heavy atom. The van der Waals surface area contributed by atoms with Crippen molar-refractivity contribution in [2.24, 2.45) is 0 Å². The van der Waals surface area contributed by atoms with Crippen LogP contribution in [0, 0.1) is 0 Å². The highest BCUT2D eigenvalue weighted by Crippen LogP contribution is 2.16. The van der Waals surface area contributed by atoms with Crippen LogP contribution < -0.4 is 16.8 Å². The molecule has 2 rings (SSSR count). The molecule has 0 fully saturated rings. The number of nitrogens with one attached hydrogen (secondary N) is 1. The van der Waals surface area contributed by atoms with E-state index >= 15 is 0 Å². The van der Waals surface area contributed by atoms with E-state index in [9.17, 15) is 4.79 Å². The van der Waals surface area contributed by atoms with Crippen LogP contribution in [-0.4, -0.2) is 5.91 Å². The number of hydrogen-bond acceptors (Lipinski definition) is 3. The summed E-state index contributed by atoms with van der Waals surface area (Å²) in [5.41, 5.74) is 13.6. The van der Waals surface area contributed by atoms with Crippen LogP contribution in [0.5, 0.6) is 0 Å². The number of benzene rings is 2. The molecule has 98 valence electrons. The van der Waals surface area contributed by atoms with E-state index in [-0.39, 0.29) is 5.91 Å². The Morgan fingerprint density at radius 2 is 1.74 bits per heavy atom. The highest BCUT2D eigenvalue weighted by Gasteiger charge is 2.06. The lowest BCUT2D eigenvalue weighted by atomic mass is 10.1. The van der Waals surface area contributed by atoms with Gasteiger partial charge in [0.25, 0.3) is 5.91 Å².